The fourth-order valence-corrected chi connectivity index (χ4v) is 2.48. The van der Waals surface area contributed by atoms with Crippen molar-refractivity contribution in [3.05, 3.63) is 52.8 Å². The van der Waals surface area contributed by atoms with Crippen molar-refractivity contribution < 1.29 is 14.3 Å². The number of benzene rings is 2. The molecule has 26 heavy (non-hydrogen) atoms. The molecule has 0 saturated heterocycles. The van der Waals surface area contributed by atoms with E-state index in [-0.39, 0.29) is 24.4 Å². The SMILES string of the molecule is COc1cc(NC(=O)CCn2nnc3ccccc3c2=O)cc(OC)c1. The van der Waals surface area contributed by atoms with Crippen LogP contribution in [0.3, 0.4) is 0 Å². The summed E-state index contributed by atoms with van der Waals surface area (Å²) in [5.41, 5.74) is 0.802. The molecule has 0 aliphatic rings. The van der Waals surface area contributed by atoms with Crippen molar-refractivity contribution in [2.75, 3.05) is 19.5 Å². The fraction of sp³-hybridized carbons (Fsp3) is 0.222. The summed E-state index contributed by atoms with van der Waals surface area (Å²) in [5.74, 6) is 0.870. The third-order valence-electron chi connectivity index (χ3n) is 3.82. The van der Waals surface area contributed by atoms with Crippen LogP contribution in [0.15, 0.2) is 47.3 Å². The highest BCUT2D eigenvalue weighted by molar-refractivity contribution is 5.91. The molecule has 3 aromatic rings. The Morgan fingerprint density at radius 3 is 2.50 bits per heavy atom. The lowest BCUT2D eigenvalue weighted by molar-refractivity contribution is -0.116. The zero-order valence-corrected chi connectivity index (χ0v) is 14.4. The average Bonchev–Trinajstić information content (AvgIpc) is 2.67. The standard InChI is InChI=1S/C18H18N4O4/c1-25-13-9-12(10-14(11-13)26-2)19-17(23)7-8-22-18(24)15-5-3-4-6-16(15)20-21-22/h3-6,9-11H,7-8H2,1-2H3,(H,19,23). The highest BCUT2D eigenvalue weighted by atomic mass is 16.5. The van der Waals surface area contributed by atoms with E-state index in [0.717, 1.165) is 0 Å². The first kappa shape index (κ1) is 17.4. The van der Waals surface area contributed by atoms with Crippen molar-refractivity contribution >= 4 is 22.5 Å². The minimum absolute atomic E-state index is 0.0758. The first-order valence-corrected chi connectivity index (χ1v) is 7.96. The van der Waals surface area contributed by atoms with Gasteiger partial charge in [-0.25, -0.2) is 4.68 Å². The predicted octanol–water partition coefficient (Wildman–Crippen LogP) is 1.84. The van der Waals surface area contributed by atoms with Gasteiger partial charge in [0.15, 0.2) is 0 Å². The summed E-state index contributed by atoms with van der Waals surface area (Å²) in [5, 5.41) is 11.1. The van der Waals surface area contributed by atoms with E-state index >= 15 is 0 Å². The monoisotopic (exact) mass is 354 g/mol. The van der Waals surface area contributed by atoms with Crippen molar-refractivity contribution in [1.29, 1.82) is 0 Å². The van der Waals surface area contributed by atoms with Gasteiger partial charge in [-0.3, -0.25) is 9.59 Å². The van der Waals surface area contributed by atoms with Gasteiger partial charge >= 0.3 is 0 Å². The number of amides is 1. The van der Waals surface area contributed by atoms with Gasteiger partial charge < -0.3 is 14.8 Å². The summed E-state index contributed by atoms with van der Waals surface area (Å²) < 4.78 is 11.5. The van der Waals surface area contributed by atoms with Crippen LogP contribution in [-0.4, -0.2) is 35.1 Å². The van der Waals surface area contributed by atoms with Crippen LogP contribution in [0.2, 0.25) is 0 Å². The van der Waals surface area contributed by atoms with Crippen molar-refractivity contribution in [3.8, 4) is 11.5 Å². The highest BCUT2D eigenvalue weighted by Gasteiger charge is 2.09. The highest BCUT2D eigenvalue weighted by Crippen LogP contribution is 2.25. The molecule has 0 aliphatic carbocycles. The second kappa shape index (κ2) is 7.64. The molecule has 8 nitrogen and oxygen atoms in total. The summed E-state index contributed by atoms with van der Waals surface area (Å²) in [6.45, 7) is 0.129. The number of ether oxygens (including phenoxy) is 2. The van der Waals surface area contributed by atoms with Crippen LogP contribution in [-0.2, 0) is 11.3 Å². The first-order chi connectivity index (χ1) is 12.6. The summed E-state index contributed by atoms with van der Waals surface area (Å²) in [6, 6.07) is 12.0. The molecule has 1 heterocycles. The topological polar surface area (TPSA) is 95.3 Å². The molecule has 1 N–H and O–H groups in total. The minimum atomic E-state index is -0.272. The number of nitrogens with one attached hydrogen (secondary N) is 1. The van der Waals surface area contributed by atoms with Crippen molar-refractivity contribution in [3.63, 3.8) is 0 Å². The van der Waals surface area contributed by atoms with Crippen LogP contribution < -0.4 is 20.3 Å². The molecular formula is C18H18N4O4. The Kier molecular flexibility index (Phi) is 5.12. The smallest absolute Gasteiger partial charge is 0.277 e. The largest absolute Gasteiger partial charge is 0.497 e. The Morgan fingerprint density at radius 2 is 1.81 bits per heavy atom. The Morgan fingerprint density at radius 1 is 1.12 bits per heavy atom. The molecular weight excluding hydrogens is 336 g/mol. The Balaban J connectivity index is 1.70. The van der Waals surface area contributed by atoms with Crippen LogP contribution >= 0.6 is 0 Å². The van der Waals surface area contributed by atoms with Gasteiger partial charge in [0.25, 0.3) is 5.56 Å². The van der Waals surface area contributed by atoms with Crippen LogP contribution in [0.5, 0.6) is 11.5 Å². The predicted molar refractivity (Wildman–Crippen MR) is 96.6 cm³/mol. The Hall–Kier alpha value is -3.42. The number of methoxy groups -OCH3 is 2. The minimum Gasteiger partial charge on any atom is -0.497 e. The molecule has 0 radical (unpaired) electrons. The molecule has 0 bridgehead atoms. The second-order valence-corrected chi connectivity index (χ2v) is 5.53. The number of anilines is 1. The normalized spacial score (nSPS) is 10.5. The number of nitrogens with zero attached hydrogens (tertiary/aromatic N) is 3. The number of hydrogen-bond acceptors (Lipinski definition) is 6. The molecule has 0 fully saturated rings. The maximum Gasteiger partial charge on any atom is 0.277 e. The first-order valence-electron chi connectivity index (χ1n) is 7.96. The number of aryl methyl sites for hydroxylation is 1. The molecule has 134 valence electrons. The van der Waals surface area contributed by atoms with E-state index in [0.29, 0.717) is 28.1 Å². The summed E-state index contributed by atoms with van der Waals surface area (Å²) in [6.07, 6.45) is 0.0758. The Labute approximate surface area is 149 Å². The molecule has 3 rings (SSSR count). The fourth-order valence-electron chi connectivity index (χ4n) is 2.48. The van der Waals surface area contributed by atoms with Crippen molar-refractivity contribution in [2.24, 2.45) is 0 Å². The molecule has 8 heteroatoms. The van der Waals surface area contributed by atoms with Gasteiger partial charge in [0, 0.05) is 30.3 Å². The van der Waals surface area contributed by atoms with Gasteiger partial charge in [0.2, 0.25) is 5.91 Å². The summed E-state index contributed by atoms with van der Waals surface area (Å²) in [7, 11) is 3.07. The molecule has 0 saturated carbocycles. The van der Waals surface area contributed by atoms with Crippen molar-refractivity contribution in [2.45, 2.75) is 13.0 Å². The van der Waals surface area contributed by atoms with Crippen molar-refractivity contribution in [1.82, 2.24) is 15.0 Å². The number of aromatic nitrogens is 3. The lowest BCUT2D eigenvalue weighted by Crippen LogP contribution is -2.26. The van der Waals surface area contributed by atoms with Gasteiger partial charge in [-0.15, -0.1) is 5.10 Å². The second-order valence-electron chi connectivity index (χ2n) is 5.53. The number of carbonyl (C=O) groups is 1. The molecule has 1 aromatic heterocycles. The molecule has 0 unspecified atom stereocenters. The third kappa shape index (κ3) is 3.80. The van der Waals surface area contributed by atoms with Crippen LogP contribution in [0, 0.1) is 0 Å². The van der Waals surface area contributed by atoms with E-state index < -0.39 is 0 Å². The van der Waals surface area contributed by atoms with Crippen LogP contribution in [0.4, 0.5) is 5.69 Å². The molecule has 2 aromatic carbocycles. The summed E-state index contributed by atoms with van der Waals surface area (Å²) >= 11 is 0. The third-order valence-corrected chi connectivity index (χ3v) is 3.82. The number of carbonyl (C=O) groups excluding carboxylic acids is 1. The van der Waals surface area contributed by atoms with Gasteiger partial charge in [0.1, 0.15) is 17.0 Å². The van der Waals surface area contributed by atoms with E-state index in [1.54, 1.807) is 42.5 Å². The lowest BCUT2D eigenvalue weighted by Gasteiger charge is -2.10. The van der Waals surface area contributed by atoms with E-state index in [1.807, 2.05) is 0 Å². The molecule has 1 amide bonds. The van der Waals surface area contributed by atoms with Crippen LogP contribution in [0.25, 0.3) is 10.9 Å². The summed E-state index contributed by atoms with van der Waals surface area (Å²) in [4.78, 5) is 24.6. The van der Waals surface area contributed by atoms with Gasteiger partial charge in [0.05, 0.1) is 26.2 Å². The lowest BCUT2D eigenvalue weighted by atomic mass is 10.2. The zero-order chi connectivity index (χ0) is 18.5. The quantitative estimate of drug-likeness (QED) is 0.726. The Bertz CT molecular complexity index is 978. The number of rotatable bonds is 6. The molecule has 0 atom stereocenters. The number of hydrogen-bond donors (Lipinski definition) is 1. The average molecular weight is 354 g/mol. The van der Waals surface area contributed by atoms with Gasteiger partial charge in [-0.05, 0) is 12.1 Å². The van der Waals surface area contributed by atoms with Gasteiger partial charge in [-0.2, -0.15) is 0 Å². The number of fused-ring (bicyclic) bond motifs is 1. The maximum atomic E-state index is 12.4. The maximum absolute atomic E-state index is 12.4. The van der Waals surface area contributed by atoms with E-state index in [2.05, 4.69) is 15.6 Å². The van der Waals surface area contributed by atoms with E-state index in [1.165, 1.54) is 18.9 Å². The van der Waals surface area contributed by atoms with Crippen LogP contribution in [0.1, 0.15) is 6.42 Å². The molecule has 0 aliphatic heterocycles. The van der Waals surface area contributed by atoms with E-state index in [9.17, 15) is 9.59 Å². The van der Waals surface area contributed by atoms with Gasteiger partial charge in [-0.1, -0.05) is 17.3 Å². The van der Waals surface area contributed by atoms with E-state index in [4.69, 9.17) is 9.47 Å². The zero-order valence-electron chi connectivity index (χ0n) is 14.4. The molecule has 0 spiro atoms.